The zero-order valence-electron chi connectivity index (χ0n) is 19.0. The van der Waals surface area contributed by atoms with Crippen LogP contribution in [-0.2, 0) is 13.0 Å². The van der Waals surface area contributed by atoms with Gasteiger partial charge in [0, 0.05) is 19.5 Å². The smallest absolute Gasteiger partial charge is 0.191 e. The Bertz CT molecular complexity index is 937. The van der Waals surface area contributed by atoms with E-state index in [9.17, 15) is 0 Å². The summed E-state index contributed by atoms with van der Waals surface area (Å²) in [4.78, 5) is 7.30. The molecule has 1 aliphatic heterocycles. The number of guanidine groups is 1. The summed E-state index contributed by atoms with van der Waals surface area (Å²) in [6.45, 7) is 4.23. The highest BCUT2D eigenvalue weighted by atomic mass is 127. The number of furan rings is 2. The van der Waals surface area contributed by atoms with Gasteiger partial charge in [-0.05, 0) is 67.9 Å². The SMILES string of the molecule is COc1ccc(CN=C(NCCc2ccco2)NCC(c2ccco2)N2CCCC2)cc1.I. The summed E-state index contributed by atoms with van der Waals surface area (Å²) in [7, 11) is 1.67. The number of rotatable bonds is 10. The Balaban J connectivity index is 0.00000306. The first-order valence-electron chi connectivity index (χ1n) is 11.3. The van der Waals surface area contributed by atoms with Crippen LogP contribution in [0.25, 0.3) is 0 Å². The van der Waals surface area contributed by atoms with E-state index in [1.807, 2.05) is 42.5 Å². The quantitative estimate of drug-likeness (QED) is 0.213. The van der Waals surface area contributed by atoms with Gasteiger partial charge in [-0.1, -0.05) is 12.1 Å². The fourth-order valence-electron chi connectivity index (χ4n) is 3.97. The molecule has 0 amide bonds. The molecule has 1 fully saturated rings. The molecule has 1 atom stereocenters. The van der Waals surface area contributed by atoms with Gasteiger partial charge in [-0.25, -0.2) is 4.99 Å². The van der Waals surface area contributed by atoms with Crippen LogP contribution in [0.3, 0.4) is 0 Å². The largest absolute Gasteiger partial charge is 0.497 e. The van der Waals surface area contributed by atoms with E-state index in [0.29, 0.717) is 6.54 Å². The molecule has 1 unspecified atom stereocenters. The number of hydrogen-bond donors (Lipinski definition) is 2. The Kier molecular flexibility index (Phi) is 10.1. The van der Waals surface area contributed by atoms with E-state index in [4.69, 9.17) is 18.6 Å². The molecular formula is C25H33IN4O3. The summed E-state index contributed by atoms with van der Waals surface area (Å²) >= 11 is 0. The lowest BCUT2D eigenvalue weighted by atomic mass is 10.2. The third kappa shape index (κ3) is 7.53. The third-order valence-electron chi connectivity index (χ3n) is 5.74. The van der Waals surface area contributed by atoms with Crippen molar-refractivity contribution in [2.45, 2.75) is 31.8 Å². The van der Waals surface area contributed by atoms with Crippen molar-refractivity contribution in [3.8, 4) is 5.75 Å². The Morgan fingerprint density at radius 2 is 1.79 bits per heavy atom. The van der Waals surface area contributed by atoms with Crippen LogP contribution in [0.15, 0.2) is 74.9 Å². The number of hydrogen-bond acceptors (Lipinski definition) is 5. The van der Waals surface area contributed by atoms with Crippen LogP contribution in [0.4, 0.5) is 0 Å². The van der Waals surface area contributed by atoms with Crippen LogP contribution in [0.5, 0.6) is 5.75 Å². The Morgan fingerprint density at radius 3 is 2.45 bits per heavy atom. The predicted molar refractivity (Wildman–Crippen MR) is 140 cm³/mol. The maximum absolute atomic E-state index is 5.76. The molecule has 0 radical (unpaired) electrons. The summed E-state index contributed by atoms with van der Waals surface area (Å²) in [6.07, 6.45) is 6.72. The molecule has 3 aromatic rings. The number of likely N-dealkylation sites (tertiary alicyclic amines) is 1. The van der Waals surface area contributed by atoms with Crippen LogP contribution in [0.2, 0.25) is 0 Å². The zero-order valence-corrected chi connectivity index (χ0v) is 21.4. The molecule has 7 nitrogen and oxygen atoms in total. The van der Waals surface area contributed by atoms with E-state index in [0.717, 1.165) is 61.4 Å². The molecule has 3 heterocycles. The number of methoxy groups -OCH3 is 1. The average Bonchev–Trinajstić information content (AvgIpc) is 3.62. The monoisotopic (exact) mass is 564 g/mol. The first kappa shape index (κ1) is 25.2. The van der Waals surface area contributed by atoms with Crippen molar-refractivity contribution >= 4 is 29.9 Å². The molecule has 33 heavy (non-hydrogen) atoms. The highest BCUT2D eigenvalue weighted by molar-refractivity contribution is 14.0. The predicted octanol–water partition coefficient (Wildman–Crippen LogP) is 4.61. The van der Waals surface area contributed by atoms with Gasteiger partial charge in [-0.3, -0.25) is 4.90 Å². The molecule has 2 N–H and O–H groups in total. The molecule has 4 rings (SSSR count). The fraction of sp³-hybridized carbons (Fsp3) is 0.400. The normalized spacial score (nSPS) is 15.1. The number of benzene rings is 1. The molecule has 8 heteroatoms. The number of nitrogens with zero attached hydrogens (tertiary/aromatic N) is 2. The third-order valence-corrected chi connectivity index (χ3v) is 5.74. The molecular weight excluding hydrogens is 531 g/mol. The summed E-state index contributed by atoms with van der Waals surface area (Å²) in [5.74, 6) is 3.57. The van der Waals surface area contributed by atoms with Gasteiger partial charge in [0.1, 0.15) is 17.3 Å². The standard InChI is InChI=1S/C25H32N4O3.HI/c1-30-21-10-8-20(9-11-21)18-27-25(26-13-12-22-6-4-16-31-22)28-19-23(24-7-5-17-32-24)29-14-2-3-15-29;/h4-11,16-17,23H,2-3,12-15,18-19H2,1H3,(H2,26,27,28);1H. The number of ether oxygens (including phenoxy) is 1. The number of aliphatic imine (C=N–C) groups is 1. The molecule has 2 aromatic heterocycles. The fourth-order valence-corrected chi connectivity index (χ4v) is 3.97. The van der Waals surface area contributed by atoms with Crippen LogP contribution in [0.1, 0.15) is 36.0 Å². The van der Waals surface area contributed by atoms with E-state index in [-0.39, 0.29) is 30.0 Å². The van der Waals surface area contributed by atoms with Crippen molar-refractivity contribution in [2.24, 2.45) is 4.99 Å². The molecule has 1 aromatic carbocycles. The Morgan fingerprint density at radius 1 is 1.03 bits per heavy atom. The van der Waals surface area contributed by atoms with Gasteiger partial charge in [0.05, 0.1) is 32.2 Å². The lowest BCUT2D eigenvalue weighted by Gasteiger charge is -2.26. The van der Waals surface area contributed by atoms with Gasteiger partial charge in [-0.15, -0.1) is 24.0 Å². The average molecular weight is 564 g/mol. The summed E-state index contributed by atoms with van der Waals surface area (Å²) in [5, 5.41) is 6.99. The summed E-state index contributed by atoms with van der Waals surface area (Å²) < 4.78 is 16.5. The summed E-state index contributed by atoms with van der Waals surface area (Å²) in [5.41, 5.74) is 1.13. The van der Waals surface area contributed by atoms with Gasteiger partial charge in [-0.2, -0.15) is 0 Å². The summed E-state index contributed by atoms with van der Waals surface area (Å²) in [6, 6.07) is 16.1. The first-order chi connectivity index (χ1) is 15.8. The molecule has 0 bridgehead atoms. The number of nitrogens with one attached hydrogen (secondary N) is 2. The van der Waals surface area contributed by atoms with Crippen molar-refractivity contribution in [1.29, 1.82) is 0 Å². The Labute approximate surface area is 212 Å². The second-order valence-corrected chi connectivity index (χ2v) is 7.92. The molecule has 1 saturated heterocycles. The van der Waals surface area contributed by atoms with Crippen molar-refractivity contribution in [1.82, 2.24) is 15.5 Å². The maximum atomic E-state index is 5.76. The van der Waals surface area contributed by atoms with Crippen LogP contribution < -0.4 is 15.4 Å². The zero-order chi connectivity index (χ0) is 22.0. The van der Waals surface area contributed by atoms with Gasteiger partial charge in [0.25, 0.3) is 0 Å². The minimum absolute atomic E-state index is 0. The van der Waals surface area contributed by atoms with Crippen LogP contribution >= 0.6 is 24.0 Å². The van der Waals surface area contributed by atoms with Gasteiger partial charge < -0.3 is 24.2 Å². The molecule has 1 aliphatic rings. The van der Waals surface area contributed by atoms with Gasteiger partial charge in [0.2, 0.25) is 0 Å². The van der Waals surface area contributed by atoms with E-state index < -0.39 is 0 Å². The van der Waals surface area contributed by atoms with E-state index >= 15 is 0 Å². The van der Waals surface area contributed by atoms with Crippen molar-refractivity contribution in [3.63, 3.8) is 0 Å². The highest BCUT2D eigenvalue weighted by Gasteiger charge is 2.25. The topological polar surface area (TPSA) is 75.2 Å². The van der Waals surface area contributed by atoms with Crippen LogP contribution in [0, 0.1) is 0 Å². The lowest BCUT2D eigenvalue weighted by molar-refractivity contribution is 0.215. The first-order valence-corrected chi connectivity index (χ1v) is 11.3. The lowest BCUT2D eigenvalue weighted by Crippen LogP contribution is -2.43. The molecule has 0 saturated carbocycles. The minimum atomic E-state index is 0. The second kappa shape index (κ2) is 13.3. The molecule has 0 aliphatic carbocycles. The minimum Gasteiger partial charge on any atom is -0.497 e. The molecule has 178 valence electrons. The van der Waals surface area contributed by atoms with Crippen molar-refractivity contribution in [2.75, 3.05) is 33.3 Å². The van der Waals surface area contributed by atoms with E-state index in [1.54, 1.807) is 19.6 Å². The highest BCUT2D eigenvalue weighted by Crippen LogP contribution is 2.24. The maximum Gasteiger partial charge on any atom is 0.191 e. The van der Waals surface area contributed by atoms with Gasteiger partial charge in [0.15, 0.2) is 5.96 Å². The van der Waals surface area contributed by atoms with E-state index in [2.05, 4.69) is 21.6 Å². The number of halogens is 1. The van der Waals surface area contributed by atoms with Crippen molar-refractivity contribution in [3.05, 3.63) is 78.1 Å². The Hall–Kier alpha value is -2.46. The second-order valence-electron chi connectivity index (χ2n) is 7.92. The van der Waals surface area contributed by atoms with Gasteiger partial charge >= 0.3 is 0 Å². The van der Waals surface area contributed by atoms with Crippen LogP contribution in [-0.4, -0.2) is 44.1 Å². The van der Waals surface area contributed by atoms with Crippen molar-refractivity contribution < 1.29 is 13.6 Å². The molecule has 0 spiro atoms. The van der Waals surface area contributed by atoms with E-state index in [1.165, 1.54) is 12.8 Å².